The first-order valence-electron chi connectivity index (χ1n) is 5.04. The number of ether oxygens (including phenoxy) is 1. The van der Waals surface area contributed by atoms with Gasteiger partial charge in [-0.3, -0.25) is 4.79 Å². The molecular weight excluding hydrogens is 282 g/mol. The fraction of sp³-hybridized carbons (Fsp3) is 0.364. The fourth-order valence-electron chi connectivity index (χ4n) is 1.26. The lowest BCUT2D eigenvalue weighted by molar-refractivity contribution is -0.118. The number of methoxy groups -OCH3 is 1. The largest absolute Gasteiger partial charge is 0.380 e. The van der Waals surface area contributed by atoms with Gasteiger partial charge in [0, 0.05) is 19.3 Å². The maximum atomic E-state index is 12.9. The number of rotatable bonds is 5. The van der Waals surface area contributed by atoms with Gasteiger partial charge < -0.3 is 15.8 Å². The van der Waals surface area contributed by atoms with E-state index in [2.05, 4.69) is 5.32 Å². The smallest absolute Gasteiger partial charge is 0.227 e. The van der Waals surface area contributed by atoms with Crippen molar-refractivity contribution in [1.29, 1.82) is 0 Å². The van der Waals surface area contributed by atoms with Gasteiger partial charge in [-0.2, -0.15) is 0 Å². The van der Waals surface area contributed by atoms with Crippen LogP contribution in [0.5, 0.6) is 0 Å². The average Bonchev–Trinajstić information content (AvgIpc) is 2.31. The topological polar surface area (TPSA) is 64.3 Å². The zero-order valence-corrected chi connectivity index (χ0v) is 11.4. The van der Waals surface area contributed by atoms with Gasteiger partial charge >= 0.3 is 0 Å². The number of hydrogen-bond donors (Lipinski definition) is 2. The second kappa shape index (κ2) is 8.26. The summed E-state index contributed by atoms with van der Waals surface area (Å²) in [5.74, 6) is -0.786. The first kappa shape index (κ1) is 17.1. The molecule has 4 nitrogen and oxygen atoms in total. The second-order valence-electron chi connectivity index (χ2n) is 3.47. The van der Waals surface area contributed by atoms with Crippen LogP contribution >= 0.6 is 24.0 Å². The number of nitrogens with two attached hydrogens (primary N) is 1. The minimum Gasteiger partial charge on any atom is -0.380 e. The summed E-state index contributed by atoms with van der Waals surface area (Å²) in [5.41, 5.74) is 5.83. The molecule has 0 aliphatic rings. The normalized spacial score (nSPS) is 11.6. The van der Waals surface area contributed by atoms with Crippen molar-refractivity contribution in [2.24, 2.45) is 5.73 Å². The third-order valence-electron chi connectivity index (χ3n) is 2.21. The lowest BCUT2D eigenvalue weighted by atomic mass is 10.2. The van der Waals surface area contributed by atoms with Crippen molar-refractivity contribution in [3.05, 3.63) is 29.0 Å². The number of halogens is 3. The van der Waals surface area contributed by atoms with Crippen molar-refractivity contribution in [3.63, 3.8) is 0 Å². The van der Waals surface area contributed by atoms with Crippen molar-refractivity contribution < 1.29 is 13.9 Å². The van der Waals surface area contributed by atoms with Crippen LogP contribution in [0, 0.1) is 5.82 Å². The zero-order valence-electron chi connectivity index (χ0n) is 9.78. The highest BCUT2D eigenvalue weighted by atomic mass is 35.5. The molecule has 18 heavy (non-hydrogen) atoms. The lowest BCUT2D eigenvalue weighted by Gasteiger charge is -2.12. The van der Waals surface area contributed by atoms with Crippen LogP contribution in [0.4, 0.5) is 10.1 Å². The summed E-state index contributed by atoms with van der Waals surface area (Å²) in [4.78, 5) is 11.6. The number of carbonyl (C=O) groups excluding carboxylic acids is 1. The highest BCUT2D eigenvalue weighted by Gasteiger charge is 2.12. The van der Waals surface area contributed by atoms with Crippen LogP contribution in [-0.2, 0) is 9.53 Å². The predicted octanol–water partition coefficient (Wildman–Crippen LogP) is 2.20. The highest BCUT2D eigenvalue weighted by molar-refractivity contribution is 6.31. The molecule has 0 saturated carbocycles. The number of nitrogens with one attached hydrogen (secondary N) is 1. The summed E-state index contributed by atoms with van der Waals surface area (Å²) in [5, 5.41) is 2.55. The van der Waals surface area contributed by atoms with Gasteiger partial charge in [0.1, 0.15) is 5.82 Å². The summed E-state index contributed by atoms with van der Waals surface area (Å²) in [6.07, 6.45) is -0.187. The number of benzene rings is 1. The van der Waals surface area contributed by atoms with E-state index in [0.29, 0.717) is 5.69 Å². The Balaban J connectivity index is 0.00000289. The van der Waals surface area contributed by atoms with Crippen molar-refractivity contribution in [3.8, 4) is 0 Å². The average molecular weight is 297 g/mol. The molecule has 1 aromatic rings. The molecule has 0 fully saturated rings. The molecule has 3 N–H and O–H groups in total. The van der Waals surface area contributed by atoms with Crippen LogP contribution in [0.1, 0.15) is 6.42 Å². The Morgan fingerprint density at radius 2 is 2.28 bits per heavy atom. The Morgan fingerprint density at radius 1 is 1.61 bits per heavy atom. The number of hydrogen-bond acceptors (Lipinski definition) is 3. The van der Waals surface area contributed by atoms with Crippen LogP contribution in [0.25, 0.3) is 0 Å². The van der Waals surface area contributed by atoms with Crippen LogP contribution < -0.4 is 11.1 Å². The molecule has 1 atom stereocenters. The molecule has 0 spiro atoms. The van der Waals surface area contributed by atoms with Crippen molar-refractivity contribution in [2.75, 3.05) is 19.0 Å². The maximum Gasteiger partial charge on any atom is 0.227 e. The molecular formula is C11H15Cl2FN2O2. The third-order valence-corrected chi connectivity index (χ3v) is 2.50. The number of carbonyl (C=O) groups is 1. The molecule has 0 aromatic heterocycles. The fourth-order valence-corrected chi connectivity index (χ4v) is 1.44. The van der Waals surface area contributed by atoms with Gasteiger partial charge in [0.2, 0.25) is 5.91 Å². The van der Waals surface area contributed by atoms with Crippen molar-refractivity contribution in [2.45, 2.75) is 12.5 Å². The molecule has 7 heteroatoms. The van der Waals surface area contributed by atoms with E-state index in [9.17, 15) is 9.18 Å². The summed E-state index contributed by atoms with van der Waals surface area (Å²) in [7, 11) is 1.49. The molecule has 1 rings (SSSR count). The van der Waals surface area contributed by atoms with Gasteiger partial charge in [-0.15, -0.1) is 12.4 Å². The maximum absolute atomic E-state index is 12.9. The first-order valence-corrected chi connectivity index (χ1v) is 5.42. The van der Waals surface area contributed by atoms with Gasteiger partial charge in [-0.25, -0.2) is 4.39 Å². The molecule has 1 unspecified atom stereocenters. The standard InChI is InChI=1S/C11H14ClFN2O2.ClH/c1-17-8(6-14)5-11(16)15-7-2-3-10(13)9(12)4-7;/h2-4,8H,5-6,14H2,1H3,(H,15,16);1H. The molecule has 1 amide bonds. The molecule has 0 aliphatic heterocycles. The molecule has 0 radical (unpaired) electrons. The number of amides is 1. The second-order valence-corrected chi connectivity index (χ2v) is 3.88. The van der Waals surface area contributed by atoms with E-state index in [4.69, 9.17) is 22.1 Å². The lowest BCUT2D eigenvalue weighted by Crippen LogP contribution is -2.28. The quantitative estimate of drug-likeness (QED) is 0.875. The minimum atomic E-state index is -0.526. The van der Waals surface area contributed by atoms with E-state index in [0.717, 1.165) is 0 Å². The Hall–Kier alpha value is -0.880. The molecule has 1 aromatic carbocycles. The molecule has 102 valence electrons. The number of anilines is 1. The Morgan fingerprint density at radius 3 is 2.78 bits per heavy atom. The molecule has 0 aliphatic carbocycles. The van der Waals surface area contributed by atoms with Gasteiger partial charge in [-0.1, -0.05) is 11.6 Å². The van der Waals surface area contributed by atoms with E-state index in [1.807, 2.05) is 0 Å². The van der Waals surface area contributed by atoms with Gasteiger partial charge in [0.25, 0.3) is 0 Å². The van der Waals surface area contributed by atoms with Crippen molar-refractivity contribution in [1.82, 2.24) is 0 Å². The van der Waals surface area contributed by atoms with Crippen LogP contribution in [0.3, 0.4) is 0 Å². The third kappa shape index (κ3) is 5.18. The minimum absolute atomic E-state index is 0. The van der Waals surface area contributed by atoms with E-state index < -0.39 is 5.82 Å². The highest BCUT2D eigenvalue weighted by Crippen LogP contribution is 2.19. The first-order chi connectivity index (χ1) is 8.06. The predicted molar refractivity (Wildman–Crippen MR) is 71.8 cm³/mol. The monoisotopic (exact) mass is 296 g/mol. The van der Waals surface area contributed by atoms with Crippen LogP contribution in [0.2, 0.25) is 5.02 Å². The molecule has 0 bridgehead atoms. The zero-order chi connectivity index (χ0) is 12.8. The van der Waals surface area contributed by atoms with Gasteiger partial charge in [-0.05, 0) is 18.2 Å². The van der Waals surface area contributed by atoms with Crippen LogP contribution in [0.15, 0.2) is 18.2 Å². The van der Waals surface area contributed by atoms with Gasteiger partial charge in [0.15, 0.2) is 0 Å². The summed E-state index contributed by atoms with van der Waals surface area (Å²) >= 11 is 5.59. The van der Waals surface area contributed by atoms with E-state index in [-0.39, 0.29) is 42.4 Å². The van der Waals surface area contributed by atoms with E-state index >= 15 is 0 Å². The molecule has 0 saturated heterocycles. The molecule has 0 heterocycles. The van der Waals surface area contributed by atoms with Crippen molar-refractivity contribution >= 4 is 35.6 Å². The SMILES string of the molecule is COC(CN)CC(=O)Nc1ccc(F)c(Cl)c1.Cl. The van der Waals surface area contributed by atoms with Crippen LogP contribution in [-0.4, -0.2) is 25.7 Å². The van der Waals surface area contributed by atoms with E-state index in [1.54, 1.807) is 0 Å². The Kier molecular flexibility index (Phi) is 7.86. The Bertz CT molecular complexity index is 401. The Labute approximate surface area is 116 Å². The van der Waals surface area contributed by atoms with Gasteiger partial charge in [0.05, 0.1) is 17.5 Å². The summed E-state index contributed by atoms with van der Waals surface area (Å²) in [6, 6.07) is 3.97. The van der Waals surface area contributed by atoms with E-state index in [1.165, 1.54) is 25.3 Å². The summed E-state index contributed by atoms with van der Waals surface area (Å²) < 4.78 is 17.9. The summed E-state index contributed by atoms with van der Waals surface area (Å²) in [6.45, 7) is 0.258.